The first-order valence-electron chi connectivity index (χ1n) is 6.86. The molecule has 0 saturated heterocycles. The average Bonchev–Trinajstić information content (AvgIpc) is 2.36. The zero-order valence-electron chi connectivity index (χ0n) is 11.6. The summed E-state index contributed by atoms with van der Waals surface area (Å²) >= 11 is 0. The Labute approximate surface area is 112 Å². The molecule has 0 bridgehead atoms. The first-order valence-corrected chi connectivity index (χ1v) is 8.26. The van der Waals surface area contributed by atoms with Crippen molar-refractivity contribution in [2.45, 2.75) is 38.5 Å². The molecule has 0 atom stereocenters. The van der Waals surface area contributed by atoms with Crippen molar-refractivity contribution in [1.82, 2.24) is 8.61 Å². The first kappa shape index (κ1) is 15.9. The summed E-state index contributed by atoms with van der Waals surface area (Å²) in [5, 5.41) is 0. The van der Waals surface area contributed by atoms with Crippen LogP contribution >= 0.6 is 0 Å². The molecule has 6 heteroatoms. The summed E-state index contributed by atoms with van der Waals surface area (Å²) in [6.45, 7) is 1.66. The molecule has 2 N–H and O–H groups in total. The maximum atomic E-state index is 12.2. The van der Waals surface area contributed by atoms with Gasteiger partial charge in [0.25, 0.3) is 10.2 Å². The van der Waals surface area contributed by atoms with Crippen molar-refractivity contribution in [2.75, 3.05) is 33.7 Å². The van der Waals surface area contributed by atoms with Crippen LogP contribution in [-0.4, -0.2) is 50.8 Å². The fraction of sp³-hybridized carbons (Fsp3) is 1.00. The van der Waals surface area contributed by atoms with E-state index in [4.69, 9.17) is 5.73 Å². The number of hydrogen-bond donors (Lipinski definition) is 1. The number of nitrogens with two attached hydrogens (primary N) is 1. The maximum Gasteiger partial charge on any atom is 0.281 e. The highest BCUT2D eigenvalue weighted by atomic mass is 32.2. The molecule has 0 spiro atoms. The van der Waals surface area contributed by atoms with Gasteiger partial charge in [0.1, 0.15) is 0 Å². The van der Waals surface area contributed by atoms with Gasteiger partial charge < -0.3 is 5.73 Å². The van der Waals surface area contributed by atoms with Gasteiger partial charge in [-0.05, 0) is 31.7 Å². The monoisotopic (exact) mass is 277 g/mol. The van der Waals surface area contributed by atoms with E-state index in [1.807, 2.05) is 0 Å². The molecule has 5 nitrogen and oxygen atoms in total. The van der Waals surface area contributed by atoms with Crippen LogP contribution in [0, 0.1) is 5.92 Å². The molecule has 0 aromatic carbocycles. The minimum atomic E-state index is -3.30. The third-order valence-electron chi connectivity index (χ3n) is 3.70. The Balaban J connectivity index is 2.49. The fourth-order valence-electron chi connectivity index (χ4n) is 2.49. The van der Waals surface area contributed by atoms with E-state index in [0.29, 0.717) is 32.0 Å². The predicted molar refractivity (Wildman–Crippen MR) is 74.4 cm³/mol. The standard InChI is InChI=1S/C12H27N3O2S/c1-14(10-6-9-13)18(16,17)15(2)11-12-7-4-3-5-8-12/h12H,3-11,13H2,1-2H3. The second kappa shape index (κ2) is 7.43. The molecule has 0 aromatic rings. The molecule has 1 rings (SSSR count). The highest BCUT2D eigenvalue weighted by Crippen LogP contribution is 2.25. The Morgan fingerprint density at radius 3 is 2.28 bits per heavy atom. The van der Waals surface area contributed by atoms with Gasteiger partial charge in [-0.15, -0.1) is 0 Å². The second-order valence-electron chi connectivity index (χ2n) is 5.26. The van der Waals surface area contributed by atoms with Crippen molar-refractivity contribution < 1.29 is 8.42 Å². The molecule has 18 heavy (non-hydrogen) atoms. The van der Waals surface area contributed by atoms with Crippen LogP contribution in [-0.2, 0) is 10.2 Å². The molecular weight excluding hydrogens is 250 g/mol. The summed E-state index contributed by atoms with van der Waals surface area (Å²) in [5.74, 6) is 0.529. The third-order valence-corrected chi connectivity index (χ3v) is 5.61. The minimum absolute atomic E-state index is 0.494. The number of hydrogen-bond acceptors (Lipinski definition) is 3. The molecule has 108 valence electrons. The molecule has 0 unspecified atom stereocenters. The Morgan fingerprint density at radius 1 is 1.11 bits per heavy atom. The zero-order chi connectivity index (χ0) is 13.6. The zero-order valence-corrected chi connectivity index (χ0v) is 12.5. The van der Waals surface area contributed by atoms with Crippen LogP contribution in [0.4, 0.5) is 0 Å². The van der Waals surface area contributed by atoms with Gasteiger partial charge in [-0.25, -0.2) is 0 Å². The van der Waals surface area contributed by atoms with Crippen LogP contribution < -0.4 is 5.73 Å². The number of rotatable bonds is 7. The topological polar surface area (TPSA) is 66.6 Å². The molecule has 0 aliphatic heterocycles. The lowest BCUT2D eigenvalue weighted by molar-refractivity contribution is 0.288. The lowest BCUT2D eigenvalue weighted by Gasteiger charge is -2.29. The van der Waals surface area contributed by atoms with Crippen LogP contribution in [0.15, 0.2) is 0 Å². The Morgan fingerprint density at radius 2 is 1.72 bits per heavy atom. The van der Waals surface area contributed by atoms with Gasteiger partial charge in [-0.2, -0.15) is 17.0 Å². The average molecular weight is 277 g/mol. The van der Waals surface area contributed by atoms with Crippen LogP contribution in [0.5, 0.6) is 0 Å². The summed E-state index contributed by atoms with van der Waals surface area (Å²) in [6, 6.07) is 0. The lowest BCUT2D eigenvalue weighted by atomic mass is 9.89. The molecule has 0 aromatic heterocycles. The van der Waals surface area contributed by atoms with Crippen molar-refractivity contribution in [3.8, 4) is 0 Å². The molecule has 0 heterocycles. The summed E-state index contributed by atoms with van der Waals surface area (Å²) < 4.78 is 27.3. The van der Waals surface area contributed by atoms with E-state index in [-0.39, 0.29) is 0 Å². The van der Waals surface area contributed by atoms with Crippen molar-refractivity contribution >= 4 is 10.2 Å². The molecule has 1 fully saturated rings. The Bertz CT molecular complexity index is 326. The highest BCUT2D eigenvalue weighted by molar-refractivity contribution is 7.86. The molecule has 1 aliphatic carbocycles. The van der Waals surface area contributed by atoms with E-state index < -0.39 is 10.2 Å². The van der Waals surface area contributed by atoms with Crippen molar-refractivity contribution in [1.29, 1.82) is 0 Å². The summed E-state index contributed by atoms with van der Waals surface area (Å²) in [6.07, 6.45) is 6.79. The molecular formula is C12H27N3O2S. The van der Waals surface area contributed by atoms with Gasteiger partial charge in [-0.3, -0.25) is 0 Å². The molecule has 1 aliphatic rings. The van der Waals surface area contributed by atoms with E-state index in [2.05, 4.69) is 0 Å². The van der Waals surface area contributed by atoms with E-state index in [1.54, 1.807) is 14.1 Å². The summed E-state index contributed by atoms with van der Waals surface area (Å²) in [4.78, 5) is 0. The van der Waals surface area contributed by atoms with Crippen LogP contribution in [0.2, 0.25) is 0 Å². The molecule has 0 amide bonds. The van der Waals surface area contributed by atoms with Crippen LogP contribution in [0.25, 0.3) is 0 Å². The van der Waals surface area contributed by atoms with Gasteiger partial charge in [0.15, 0.2) is 0 Å². The molecule has 0 radical (unpaired) electrons. The highest BCUT2D eigenvalue weighted by Gasteiger charge is 2.26. The van der Waals surface area contributed by atoms with Crippen molar-refractivity contribution in [3.63, 3.8) is 0 Å². The Kier molecular flexibility index (Phi) is 6.55. The number of nitrogens with zero attached hydrogens (tertiary/aromatic N) is 2. The van der Waals surface area contributed by atoms with Gasteiger partial charge in [0, 0.05) is 27.2 Å². The van der Waals surface area contributed by atoms with Gasteiger partial charge in [0.2, 0.25) is 0 Å². The van der Waals surface area contributed by atoms with Gasteiger partial charge in [0.05, 0.1) is 0 Å². The third kappa shape index (κ3) is 4.50. The SMILES string of the molecule is CN(CCCN)S(=O)(=O)N(C)CC1CCCCC1. The first-order chi connectivity index (χ1) is 8.48. The van der Waals surface area contributed by atoms with Crippen LogP contribution in [0.1, 0.15) is 38.5 Å². The summed E-state index contributed by atoms with van der Waals surface area (Å²) in [5.41, 5.74) is 5.41. The smallest absolute Gasteiger partial charge is 0.281 e. The van der Waals surface area contributed by atoms with E-state index in [9.17, 15) is 8.42 Å². The second-order valence-corrected chi connectivity index (χ2v) is 7.40. The maximum absolute atomic E-state index is 12.2. The minimum Gasteiger partial charge on any atom is -0.330 e. The van der Waals surface area contributed by atoms with Crippen molar-refractivity contribution in [3.05, 3.63) is 0 Å². The van der Waals surface area contributed by atoms with Gasteiger partial charge in [-0.1, -0.05) is 19.3 Å². The quantitative estimate of drug-likeness (QED) is 0.755. The Hall–Kier alpha value is -0.170. The normalized spacial score (nSPS) is 18.7. The van der Waals surface area contributed by atoms with E-state index in [0.717, 1.165) is 12.8 Å². The lowest BCUT2D eigenvalue weighted by Crippen LogP contribution is -2.42. The van der Waals surface area contributed by atoms with Gasteiger partial charge >= 0.3 is 0 Å². The fourth-order valence-corrected chi connectivity index (χ4v) is 3.73. The largest absolute Gasteiger partial charge is 0.330 e. The van der Waals surface area contributed by atoms with Crippen LogP contribution in [0.3, 0.4) is 0 Å². The van der Waals surface area contributed by atoms with Crippen molar-refractivity contribution in [2.24, 2.45) is 11.7 Å². The molecule has 1 saturated carbocycles. The van der Waals surface area contributed by atoms with E-state index in [1.165, 1.54) is 27.9 Å². The predicted octanol–water partition coefficient (Wildman–Crippen LogP) is 1.02. The van der Waals surface area contributed by atoms with E-state index >= 15 is 0 Å². The summed E-state index contributed by atoms with van der Waals surface area (Å²) in [7, 11) is 0.0113.